The highest BCUT2D eigenvalue weighted by molar-refractivity contribution is 5.86. The molecule has 2 aromatic carbocycles. The van der Waals surface area contributed by atoms with Crippen LogP contribution in [0, 0.1) is 0 Å². The highest BCUT2D eigenvalue weighted by Gasteiger charge is 2.12. The lowest BCUT2D eigenvalue weighted by Crippen LogP contribution is -2.24. The molecule has 0 aliphatic heterocycles. The van der Waals surface area contributed by atoms with E-state index in [1.54, 1.807) is 12.1 Å². The SMILES string of the molecule is CCCN(CCC)c1ccc(/C=C2\C=c3c(O)cccc3=C2O)cc1. The molecule has 0 saturated carbocycles. The first kappa shape index (κ1) is 17.2. The fourth-order valence-electron chi connectivity index (χ4n) is 3.27. The Morgan fingerprint density at radius 1 is 0.920 bits per heavy atom. The van der Waals surface area contributed by atoms with E-state index in [0.29, 0.717) is 10.4 Å². The summed E-state index contributed by atoms with van der Waals surface area (Å²) < 4.78 is 0. The lowest BCUT2D eigenvalue weighted by atomic mass is 10.1. The van der Waals surface area contributed by atoms with Gasteiger partial charge in [0, 0.05) is 34.8 Å². The van der Waals surface area contributed by atoms with Gasteiger partial charge < -0.3 is 15.1 Å². The van der Waals surface area contributed by atoms with Crippen LogP contribution in [0.25, 0.3) is 17.9 Å². The maximum Gasteiger partial charge on any atom is 0.130 e. The molecule has 0 aromatic heterocycles. The van der Waals surface area contributed by atoms with Gasteiger partial charge in [0.15, 0.2) is 0 Å². The summed E-state index contributed by atoms with van der Waals surface area (Å²) in [6.07, 6.45) is 6.04. The van der Waals surface area contributed by atoms with E-state index in [0.717, 1.165) is 37.1 Å². The number of nitrogens with zero attached hydrogens (tertiary/aromatic N) is 1. The summed E-state index contributed by atoms with van der Waals surface area (Å²) in [6.45, 7) is 6.52. The van der Waals surface area contributed by atoms with Crippen molar-refractivity contribution in [3.05, 3.63) is 64.0 Å². The van der Waals surface area contributed by atoms with Crippen LogP contribution in [-0.4, -0.2) is 23.3 Å². The Kier molecular flexibility index (Phi) is 5.13. The van der Waals surface area contributed by atoms with Crippen molar-refractivity contribution in [2.24, 2.45) is 0 Å². The zero-order chi connectivity index (χ0) is 17.8. The predicted octanol–water partition coefficient (Wildman–Crippen LogP) is 3.56. The third-order valence-corrected chi connectivity index (χ3v) is 4.48. The second kappa shape index (κ2) is 7.47. The molecule has 0 unspecified atom stereocenters. The average molecular weight is 335 g/mol. The predicted molar refractivity (Wildman–Crippen MR) is 105 cm³/mol. The standard InChI is InChI=1S/C22H25NO2/c1-3-12-23(13-4-2)18-10-8-16(9-11-18)14-17-15-20-19(22(17)25)6-5-7-21(20)24/h5-11,14-15,24-25H,3-4,12-13H2,1-2H3/b17-14+. The zero-order valence-electron chi connectivity index (χ0n) is 14.9. The minimum Gasteiger partial charge on any atom is -0.507 e. The van der Waals surface area contributed by atoms with E-state index in [-0.39, 0.29) is 11.5 Å². The number of benzene rings is 2. The van der Waals surface area contributed by atoms with Crippen molar-refractivity contribution in [2.75, 3.05) is 18.0 Å². The molecule has 1 aliphatic rings. The van der Waals surface area contributed by atoms with Gasteiger partial charge in [-0.2, -0.15) is 0 Å². The zero-order valence-corrected chi connectivity index (χ0v) is 14.9. The largest absolute Gasteiger partial charge is 0.507 e. The normalized spacial score (nSPS) is 14.5. The van der Waals surface area contributed by atoms with Crippen molar-refractivity contribution in [3.8, 4) is 5.75 Å². The van der Waals surface area contributed by atoms with E-state index >= 15 is 0 Å². The summed E-state index contributed by atoms with van der Waals surface area (Å²) in [6, 6.07) is 13.6. The van der Waals surface area contributed by atoms with Gasteiger partial charge in [-0.3, -0.25) is 0 Å². The van der Waals surface area contributed by atoms with Crippen molar-refractivity contribution in [2.45, 2.75) is 26.7 Å². The highest BCUT2D eigenvalue weighted by Crippen LogP contribution is 2.21. The third-order valence-electron chi connectivity index (χ3n) is 4.48. The Hall–Kier alpha value is -2.68. The third kappa shape index (κ3) is 3.55. The molecule has 0 bridgehead atoms. The molecule has 0 spiro atoms. The second-order valence-corrected chi connectivity index (χ2v) is 6.41. The quantitative estimate of drug-likeness (QED) is 0.848. The van der Waals surface area contributed by atoms with Gasteiger partial charge in [-0.1, -0.05) is 38.1 Å². The lowest BCUT2D eigenvalue weighted by Gasteiger charge is -2.23. The summed E-state index contributed by atoms with van der Waals surface area (Å²) in [5.41, 5.74) is 2.99. The smallest absolute Gasteiger partial charge is 0.130 e. The number of aliphatic hydroxyl groups is 1. The number of anilines is 1. The first-order chi connectivity index (χ1) is 12.1. The summed E-state index contributed by atoms with van der Waals surface area (Å²) in [5, 5.41) is 21.7. The fraction of sp³-hybridized carbons (Fsp3) is 0.273. The number of hydrogen-bond acceptors (Lipinski definition) is 3. The number of rotatable bonds is 6. The highest BCUT2D eigenvalue weighted by atomic mass is 16.3. The van der Waals surface area contributed by atoms with Crippen molar-refractivity contribution in [1.29, 1.82) is 0 Å². The first-order valence-corrected chi connectivity index (χ1v) is 8.94. The molecule has 3 nitrogen and oxygen atoms in total. The van der Waals surface area contributed by atoms with Gasteiger partial charge in [0.25, 0.3) is 0 Å². The van der Waals surface area contributed by atoms with E-state index < -0.39 is 0 Å². The minimum atomic E-state index is 0.192. The molecule has 0 saturated heterocycles. The molecule has 0 atom stereocenters. The molecule has 25 heavy (non-hydrogen) atoms. The van der Waals surface area contributed by atoms with Crippen LogP contribution in [0.3, 0.4) is 0 Å². The lowest BCUT2D eigenvalue weighted by molar-refractivity contribution is 0.469. The van der Waals surface area contributed by atoms with Crippen LogP contribution in [0.5, 0.6) is 5.75 Å². The summed E-state index contributed by atoms with van der Waals surface area (Å²) in [7, 11) is 0. The Labute approximate surface area is 148 Å². The molecule has 3 rings (SSSR count). The van der Waals surface area contributed by atoms with Crippen LogP contribution in [-0.2, 0) is 0 Å². The summed E-state index contributed by atoms with van der Waals surface area (Å²) in [5.74, 6) is 0.408. The van der Waals surface area contributed by atoms with Crippen LogP contribution in [0.4, 0.5) is 5.69 Å². The van der Waals surface area contributed by atoms with Crippen LogP contribution < -0.4 is 15.3 Å². The van der Waals surface area contributed by atoms with Crippen molar-refractivity contribution >= 4 is 23.6 Å². The van der Waals surface area contributed by atoms with Gasteiger partial charge in [-0.15, -0.1) is 0 Å². The molecular formula is C22H25NO2. The molecule has 1 aliphatic carbocycles. The Balaban J connectivity index is 1.89. The van der Waals surface area contributed by atoms with E-state index in [2.05, 4.69) is 43.0 Å². The average Bonchev–Trinajstić information content (AvgIpc) is 2.93. The number of phenolic OH excluding ortho intramolecular Hbond substituents is 1. The Morgan fingerprint density at radius 3 is 2.20 bits per heavy atom. The number of phenols is 1. The van der Waals surface area contributed by atoms with E-state index in [9.17, 15) is 10.2 Å². The molecule has 2 aromatic rings. The molecule has 0 radical (unpaired) electrons. The molecule has 0 heterocycles. The molecule has 0 amide bonds. The van der Waals surface area contributed by atoms with E-state index in [4.69, 9.17) is 0 Å². The van der Waals surface area contributed by atoms with Gasteiger partial charge in [0.2, 0.25) is 0 Å². The van der Waals surface area contributed by atoms with Crippen LogP contribution >= 0.6 is 0 Å². The van der Waals surface area contributed by atoms with Crippen LogP contribution in [0.1, 0.15) is 32.3 Å². The number of hydrogen-bond donors (Lipinski definition) is 2. The van der Waals surface area contributed by atoms with Gasteiger partial charge in [-0.05, 0) is 48.8 Å². The maximum atomic E-state index is 10.4. The number of aromatic hydroxyl groups is 1. The summed E-state index contributed by atoms with van der Waals surface area (Å²) >= 11 is 0. The molecular weight excluding hydrogens is 310 g/mol. The van der Waals surface area contributed by atoms with Gasteiger partial charge in [0.05, 0.1) is 0 Å². The van der Waals surface area contributed by atoms with Crippen molar-refractivity contribution in [1.82, 2.24) is 0 Å². The number of fused-ring (bicyclic) bond motifs is 1. The molecule has 2 N–H and O–H groups in total. The molecule has 3 heteroatoms. The monoisotopic (exact) mass is 335 g/mol. The molecule has 0 fully saturated rings. The topological polar surface area (TPSA) is 43.7 Å². The van der Waals surface area contributed by atoms with E-state index in [1.165, 1.54) is 5.69 Å². The van der Waals surface area contributed by atoms with Crippen LogP contribution in [0.2, 0.25) is 0 Å². The van der Waals surface area contributed by atoms with Crippen LogP contribution in [0.15, 0.2) is 48.0 Å². The van der Waals surface area contributed by atoms with Gasteiger partial charge in [-0.25, -0.2) is 0 Å². The summed E-state index contributed by atoms with van der Waals surface area (Å²) in [4.78, 5) is 2.40. The van der Waals surface area contributed by atoms with Crippen molar-refractivity contribution in [3.63, 3.8) is 0 Å². The fourth-order valence-corrected chi connectivity index (χ4v) is 3.27. The van der Waals surface area contributed by atoms with Gasteiger partial charge in [0.1, 0.15) is 11.5 Å². The van der Waals surface area contributed by atoms with Crippen molar-refractivity contribution < 1.29 is 10.2 Å². The minimum absolute atomic E-state index is 0.192. The van der Waals surface area contributed by atoms with E-state index in [1.807, 2.05) is 18.2 Å². The second-order valence-electron chi connectivity index (χ2n) is 6.41. The number of aliphatic hydroxyl groups excluding tert-OH is 1. The molecule has 130 valence electrons. The van der Waals surface area contributed by atoms with Gasteiger partial charge >= 0.3 is 0 Å². The maximum absolute atomic E-state index is 10.4. The Morgan fingerprint density at radius 2 is 1.60 bits per heavy atom. The first-order valence-electron chi connectivity index (χ1n) is 8.94. The Bertz CT molecular complexity index is 889.